The standard InChI is InChI=1S/C15H22N2O3S/c1-20-14-5-2-6-15(10-14)21(18,19)17(13-7-8-13)11-12-4-3-9-16-12/h2,5-6,10,12-13,16H,3-4,7-9,11H2,1H3. The summed E-state index contributed by atoms with van der Waals surface area (Å²) in [6.45, 7) is 1.56. The third-order valence-electron chi connectivity index (χ3n) is 4.16. The Morgan fingerprint density at radius 1 is 1.33 bits per heavy atom. The van der Waals surface area contributed by atoms with Crippen molar-refractivity contribution in [3.8, 4) is 5.75 Å². The minimum absolute atomic E-state index is 0.170. The van der Waals surface area contributed by atoms with Crippen LogP contribution in [0.25, 0.3) is 0 Å². The van der Waals surface area contributed by atoms with E-state index in [2.05, 4.69) is 5.32 Å². The van der Waals surface area contributed by atoms with Gasteiger partial charge in [-0.2, -0.15) is 4.31 Å². The summed E-state index contributed by atoms with van der Waals surface area (Å²) in [5.74, 6) is 0.575. The van der Waals surface area contributed by atoms with Gasteiger partial charge in [-0.05, 0) is 44.4 Å². The van der Waals surface area contributed by atoms with Gasteiger partial charge in [-0.3, -0.25) is 0 Å². The SMILES string of the molecule is COc1cccc(S(=O)(=O)N(CC2CCCN2)C2CC2)c1. The molecule has 6 heteroatoms. The molecule has 1 N–H and O–H groups in total. The van der Waals surface area contributed by atoms with Gasteiger partial charge >= 0.3 is 0 Å². The zero-order valence-electron chi connectivity index (χ0n) is 12.3. The van der Waals surface area contributed by atoms with Crippen LogP contribution < -0.4 is 10.1 Å². The molecular weight excluding hydrogens is 288 g/mol. The van der Waals surface area contributed by atoms with Crippen LogP contribution in [0.1, 0.15) is 25.7 Å². The van der Waals surface area contributed by atoms with Crippen molar-refractivity contribution in [2.45, 2.75) is 42.7 Å². The number of sulfonamides is 1. The first-order valence-electron chi connectivity index (χ1n) is 7.50. The molecule has 0 bridgehead atoms. The van der Waals surface area contributed by atoms with Gasteiger partial charge in [0.15, 0.2) is 0 Å². The molecule has 1 aliphatic carbocycles. The maximum absolute atomic E-state index is 12.9. The summed E-state index contributed by atoms with van der Waals surface area (Å²) in [6, 6.07) is 7.20. The number of hydrogen-bond donors (Lipinski definition) is 1. The fourth-order valence-electron chi connectivity index (χ4n) is 2.83. The quantitative estimate of drug-likeness (QED) is 0.867. The van der Waals surface area contributed by atoms with E-state index in [0.29, 0.717) is 17.2 Å². The lowest BCUT2D eigenvalue weighted by molar-refractivity contribution is 0.362. The first-order valence-corrected chi connectivity index (χ1v) is 8.94. The molecular formula is C15H22N2O3S. The Morgan fingerprint density at radius 3 is 2.76 bits per heavy atom. The summed E-state index contributed by atoms with van der Waals surface area (Å²) in [5, 5.41) is 3.39. The van der Waals surface area contributed by atoms with Gasteiger partial charge in [0.1, 0.15) is 5.75 Å². The Hall–Kier alpha value is -1.11. The number of nitrogens with zero attached hydrogens (tertiary/aromatic N) is 1. The molecule has 1 aliphatic heterocycles. The van der Waals surface area contributed by atoms with E-state index >= 15 is 0 Å². The van der Waals surface area contributed by atoms with E-state index in [1.165, 1.54) is 0 Å². The Kier molecular flexibility index (Phi) is 4.19. The summed E-state index contributed by atoms with van der Waals surface area (Å²) in [5.41, 5.74) is 0. The van der Waals surface area contributed by atoms with E-state index in [9.17, 15) is 8.42 Å². The van der Waals surface area contributed by atoms with Gasteiger partial charge in [0.05, 0.1) is 12.0 Å². The first kappa shape index (κ1) is 14.8. The molecule has 21 heavy (non-hydrogen) atoms. The van der Waals surface area contributed by atoms with E-state index in [4.69, 9.17) is 4.74 Å². The van der Waals surface area contributed by atoms with Crippen molar-refractivity contribution in [1.29, 1.82) is 0 Å². The Labute approximate surface area is 126 Å². The molecule has 1 aromatic carbocycles. The van der Waals surface area contributed by atoms with Crippen LogP contribution in [-0.4, -0.2) is 45.0 Å². The van der Waals surface area contributed by atoms with Crippen molar-refractivity contribution >= 4 is 10.0 Å². The fourth-order valence-corrected chi connectivity index (χ4v) is 4.60. The molecule has 1 unspecified atom stereocenters. The van der Waals surface area contributed by atoms with Gasteiger partial charge in [0.25, 0.3) is 0 Å². The average Bonchev–Trinajstić information content (AvgIpc) is 3.20. The van der Waals surface area contributed by atoms with Crippen LogP contribution in [0.3, 0.4) is 0 Å². The third kappa shape index (κ3) is 3.22. The summed E-state index contributed by atoms with van der Waals surface area (Å²) < 4.78 is 32.7. The molecule has 116 valence electrons. The van der Waals surface area contributed by atoms with E-state index in [0.717, 1.165) is 32.2 Å². The number of rotatable bonds is 6. The molecule has 1 atom stereocenters. The molecule has 1 saturated carbocycles. The van der Waals surface area contributed by atoms with Crippen molar-refractivity contribution in [2.75, 3.05) is 20.2 Å². The number of ether oxygens (including phenoxy) is 1. The Morgan fingerprint density at radius 2 is 2.14 bits per heavy atom. The van der Waals surface area contributed by atoms with Crippen LogP contribution in [0, 0.1) is 0 Å². The van der Waals surface area contributed by atoms with E-state index in [-0.39, 0.29) is 12.1 Å². The molecule has 1 heterocycles. The fraction of sp³-hybridized carbons (Fsp3) is 0.600. The summed E-state index contributed by atoms with van der Waals surface area (Å²) >= 11 is 0. The first-order chi connectivity index (χ1) is 10.1. The molecule has 0 amide bonds. The predicted octanol–water partition coefficient (Wildman–Crippen LogP) is 1.60. The second kappa shape index (κ2) is 5.94. The van der Waals surface area contributed by atoms with Gasteiger partial charge in [0, 0.05) is 24.7 Å². The van der Waals surface area contributed by atoms with Crippen molar-refractivity contribution < 1.29 is 13.2 Å². The second-order valence-corrected chi connectivity index (χ2v) is 7.67. The number of methoxy groups -OCH3 is 1. The highest BCUT2D eigenvalue weighted by atomic mass is 32.2. The van der Waals surface area contributed by atoms with Crippen LogP contribution in [0.15, 0.2) is 29.2 Å². The van der Waals surface area contributed by atoms with Crippen molar-refractivity contribution in [3.63, 3.8) is 0 Å². The van der Waals surface area contributed by atoms with Crippen molar-refractivity contribution in [2.24, 2.45) is 0 Å². The smallest absolute Gasteiger partial charge is 0.243 e. The molecule has 1 saturated heterocycles. The summed E-state index contributed by atoms with van der Waals surface area (Å²) in [7, 11) is -1.90. The van der Waals surface area contributed by atoms with E-state index < -0.39 is 10.0 Å². The highest BCUT2D eigenvalue weighted by Crippen LogP contribution is 2.33. The summed E-state index contributed by atoms with van der Waals surface area (Å²) in [4.78, 5) is 0.326. The highest BCUT2D eigenvalue weighted by molar-refractivity contribution is 7.89. The lowest BCUT2D eigenvalue weighted by Gasteiger charge is -2.25. The van der Waals surface area contributed by atoms with Crippen LogP contribution in [0.5, 0.6) is 5.75 Å². The molecule has 0 aromatic heterocycles. The second-order valence-electron chi connectivity index (χ2n) is 5.78. The zero-order valence-corrected chi connectivity index (χ0v) is 13.1. The van der Waals surface area contributed by atoms with E-state index in [1.54, 1.807) is 35.7 Å². The maximum atomic E-state index is 12.9. The minimum Gasteiger partial charge on any atom is -0.497 e. The third-order valence-corrected chi connectivity index (χ3v) is 6.08. The van der Waals surface area contributed by atoms with E-state index in [1.807, 2.05) is 0 Å². The number of nitrogens with one attached hydrogen (secondary N) is 1. The number of benzene rings is 1. The largest absolute Gasteiger partial charge is 0.497 e. The van der Waals surface area contributed by atoms with Crippen LogP contribution in [-0.2, 0) is 10.0 Å². The molecule has 5 nitrogen and oxygen atoms in total. The minimum atomic E-state index is -3.44. The van der Waals surface area contributed by atoms with Gasteiger partial charge < -0.3 is 10.1 Å². The Bertz CT molecular complexity index is 593. The number of hydrogen-bond acceptors (Lipinski definition) is 4. The van der Waals surface area contributed by atoms with Gasteiger partial charge in [-0.1, -0.05) is 6.07 Å². The summed E-state index contributed by atoms with van der Waals surface area (Å²) in [6.07, 6.45) is 4.12. The zero-order chi connectivity index (χ0) is 14.9. The molecule has 0 radical (unpaired) electrons. The normalized spacial score (nSPS) is 22.7. The van der Waals surface area contributed by atoms with Crippen LogP contribution >= 0.6 is 0 Å². The van der Waals surface area contributed by atoms with Crippen molar-refractivity contribution in [3.05, 3.63) is 24.3 Å². The monoisotopic (exact) mass is 310 g/mol. The highest BCUT2D eigenvalue weighted by Gasteiger charge is 2.39. The lowest BCUT2D eigenvalue weighted by Crippen LogP contribution is -2.42. The topological polar surface area (TPSA) is 58.6 Å². The molecule has 1 aromatic rings. The average molecular weight is 310 g/mol. The molecule has 2 fully saturated rings. The molecule has 3 rings (SSSR count). The van der Waals surface area contributed by atoms with Gasteiger partial charge in [-0.25, -0.2) is 8.42 Å². The maximum Gasteiger partial charge on any atom is 0.243 e. The predicted molar refractivity (Wildman–Crippen MR) is 80.9 cm³/mol. The van der Waals surface area contributed by atoms with Crippen LogP contribution in [0.4, 0.5) is 0 Å². The van der Waals surface area contributed by atoms with Gasteiger partial charge in [0.2, 0.25) is 10.0 Å². The van der Waals surface area contributed by atoms with Crippen molar-refractivity contribution in [1.82, 2.24) is 9.62 Å². The molecule has 0 spiro atoms. The molecule has 2 aliphatic rings. The lowest BCUT2D eigenvalue weighted by atomic mass is 10.2. The Balaban J connectivity index is 1.85. The van der Waals surface area contributed by atoms with Gasteiger partial charge in [-0.15, -0.1) is 0 Å². The van der Waals surface area contributed by atoms with Crippen LogP contribution in [0.2, 0.25) is 0 Å².